The summed E-state index contributed by atoms with van der Waals surface area (Å²) in [5.74, 6) is -1.51. The molecule has 0 amide bonds. The summed E-state index contributed by atoms with van der Waals surface area (Å²) in [6.45, 7) is 1.74. The minimum atomic E-state index is -0.788. The summed E-state index contributed by atoms with van der Waals surface area (Å²) < 4.78 is 9.67. The van der Waals surface area contributed by atoms with Crippen molar-refractivity contribution in [2.75, 3.05) is 19.0 Å². The highest BCUT2D eigenvalue weighted by Crippen LogP contribution is 2.16. The van der Waals surface area contributed by atoms with Crippen LogP contribution in [0.2, 0.25) is 0 Å². The van der Waals surface area contributed by atoms with Crippen LogP contribution in [0.4, 0.5) is 5.82 Å². The first-order valence-electron chi connectivity index (χ1n) is 8.57. The first kappa shape index (κ1) is 21.3. The molecule has 0 fully saturated rings. The number of benzene rings is 1. The van der Waals surface area contributed by atoms with Crippen LogP contribution in [0.15, 0.2) is 71.4 Å². The normalized spacial score (nSPS) is 12.3. The van der Waals surface area contributed by atoms with Gasteiger partial charge in [-0.2, -0.15) is 0 Å². The zero-order chi connectivity index (χ0) is 21.1. The number of anilines is 1. The number of carbonyl (C=O) groups excluding carboxylic acids is 2. The lowest BCUT2D eigenvalue weighted by molar-refractivity contribution is -0.138. The van der Waals surface area contributed by atoms with Crippen LogP contribution in [-0.2, 0) is 19.1 Å². The summed E-state index contributed by atoms with van der Waals surface area (Å²) in [6, 6.07) is 8.42. The third-order valence-electron chi connectivity index (χ3n) is 3.44. The Morgan fingerprint density at radius 2 is 1.97 bits per heavy atom. The van der Waals surface area contributed by atoms with Crippen molar-refractivity contribution < 1.29 is 24.2 Å². The molecule has 1 aromatic carbocycles. The number of nitrogens with one attached hydrogen (secondary N) is 1. The Balaban J connectivity index is 2.39. The minimum Gasteiger partial charge on any atom is -0.506 e. The zero-order valence-electron chi connectivity index (χ0n) is 15.9. The number of aliphatic hydroxyl groups is 1. The number of aromatic nitrogens is 2. The Kier molecular flexibility index (Phi) is 8.06. The van der Waals surface area contributed by atoms with Crippen LogP contribution < -0.4 is 5.32 Å². The van der Waals surface area contributed by atoms with Crippen LogP contribution in [0.1, 0.15) is 12.5 Å². The molecule has 1 heterocycles. The van der Waals surface area contributed by atoms with E-state index in [1.54, 1.807) is 37.3 Å². The van der Waals surface area contributed by atoms with Gasteiger partial charge in [0.05, 0.1) is 19.9 Å². The summed E-state index contributed by atoms with van der Waals surface area (Å²) >= 11 is 0. The Morgan fingerprint density at radius 1 is 1.21 bits per heavy atom. The van der Waals surface area contributed by atoms with Gasteiger partial charge in [-0.25, -0.2) is 19.6 Å². The highest BCUT2D eigenvalue weighted by molar-refractivity contribution is 6.15. The van der Waals surface area contributed by atoms with Crippen LogP contribution in [0, 0.1) is 0 Å². The van der Waals surface area contributed by atoms with E-state index in [0.29, 0.717) is 11.4 Å². The fourth-order valence-corrected chi connectivity index (χ4v) is 2.07. The Morgan fingerprint density at radius 3 is 2.59 bits per heavy atom. The molecule has 9 nitrogen and oxygen atoms in total. The molecule has 0 aliphatic rings. The average Bonchev–Trinajstić information content (AvgIpc) is 2.76. The van der Waals surface area contributed by atoms with E-state index >= 15 is 0 Å². The predicted molar refractivity (Wildman–Crippen MR) is 107 cm³/mol. The second-order valence-electron chi connectivity index (χ2n) is 5.36. The highest BCUT2D eigenvalue weighted by atomic mass is 16.5. The molecule has 0 aliphatic carbocycles. The largest absolute Gasteiger partial charge is 0.506 e. The van der Waals surface area contributed by atoms with Crippen LogP contribution in [0.5, 0.6) is 0 Å². The summed E-state index contributed by atoms with van der Waals surface area (Å²) in [7, 11) is 1.19. The van der Waals surface area contributed by atoms with E-state index in [1.807, 2.05) is 0 Å². The van der Waals surface area contributed by atoms with E-state index in [2.05, 4.69) is 20.3 Å². The Labute approximate surface area is 167 Å². The maximum absolute atomic E-state index is 12.3. The van der Waals surface area contributed by atoms with Crippen LogP contribution >= 0.6 is 0 Å². The molecule has 0 atom stereocenters. The van der Waals surface area contributed by atoms with E-state index in [9.17, 15) is 14.7 Å². The number of rotatable bonds is 8. The summed E-state index contributed by atoms with van der Waals surface area (Å²) in [4.78, 5) is 36.2. The fraction of sp³-hybridized carbons (Fsp3) is 0.150. The Bertz CT molecular complexity index is 924. The average molecular weight is 396 g/mol. The molecule has 0 bridgehead atoms. The molecule has 0 aliphatic heterocycles. The quantitative estimate of drug-likeness (QED) is 0.302. The number of aliphatic imine (C=N–C) groups is 1. The number of esters is 2. The van der Waals surface area contributed by atoms with Gasteiger partial charge in [0.2, 0.25) is 0 Å². The van der Waals surface area contributed by atoms with E-state index in [0.717, 1.165) is 6.21 Å². The van der Waals surface area contributed by atoms with Gasteiger partial charge in [-0.15, -0.1) is 0 Å². The number of methoxy groups -OCH3 is 1. The van der Waals surface area contributed by atoms with E-state index in [1.165, 1.54) is 31.9 Å². The maximum Gasteiger partial charge on any atom is 0.358 e. The van der Waals surface area contributed by atoms with Crippen molar-refractivity contribution in [3.63, 3.8) is 0 Å². The third-order valence-corrected chi connectivity index (χ3v) is 3.44. The van der Waals surface area contributed by atoms with Crippen molar-refractivity contribution >= 4 is 29.7 Å². The van der Waals surface area contributed by atoms with Gasteiger partial charge in [-0.3, -0.25) is 4.98 Å². The molecular formula is C20H20N4O5. The molecule has 1 aromatic heterocycles. The van der Waals surface area contributed by atoms with Crippen molar-refractivity contribution in [3.8, 4) is 0 Å². The van der Waals surface area contributed by atoms with Crippen molar-refractivity contribution in [1.82, 2.24) is 9.97 Å². The molecule has 0 unspecified atom stereocenters. The molecule has 0 spiro atoms. The van der Waals surface area contributed by atoms with Crippen molar-refractivity contribution in [2.45, 2.75) is 6.92 Å². The summed E-state index contributed by atoms with van der Waals surface area (Å²) in [5, 5.41) is 13.3. The molecule has 2 rings (SSSR count). The number of hydrogen-bond acceptors (Lipinski definition) is 9. The predicted octanol–water partition coefficient (Wildman–Crippen LogP) is 2.51. The monoisotopic (exact) mass is 396 g/mol. The SMILES string of the molecule is CCOC(=O)C(/C=N/C(=C\Nc1cnccn1)C(=O)OC)=C(/O)c1ccccc1. The first-order valence-corrected chi connectivity index (χ1v) is 8.57. The zero-order valence-corrected chi connectivity index (χ0v) is 15.9. The molecule has 2 N–H and O–H groups in total. The smallest absolute Gasteiger partial charge is 0.358 e. The van der Waals surface area contributed by atoms with Gasteiger partial charge in [0.15, 0.2) is 5.70 Å². The van der Waals surface area contributed by atoms with Gasteiger partial charge in [0, 0.05) is 30.4 Å². The number of carbonyl (C=O) groups is 2. The second kappa shape index (κ2) is 11.0. The van der Waals surface area contributed by atoms with E-state index < -0.39 is 11.9 Å². The van der Waals surface area contributed by atoms with Gasteiger partial charge in [-0.1, -0.05) is 30.3 Å². The number of aliphatic hydroxyl groups excluding tert-OH is 1. The minimum absolute atomic E-state index is 0.103. The molecule has 0 saturated carbocycles. The summed E-state index contributed by atoms with van der Waals surface area (Å²) in [6.07, 6.45) is 6.70. The molecular weight excluding hydrogens is 376 g/mol. The number of ether oxygens (including phenoxy) is 2. The van der Waals surface area contributed by atoms with Gasteiger partial charge in [-0.05, 0) is 6.92 Å². The molecule has 0 radical (unpaired) electrons. The molecule has 0 saturated heterocycles. The lowest BCUT2D eigenvalue weighted by atomic mass is 10.1. The van der Waals surface area contributed by atoms with Crippen molar-refractivity contribution in [1.29, 1.82) is 0 Å². The molecule has 29 heavy (non-hydrogen) atoms. The fourth-order valence-electron chi connectivity index (χ4n) is 2.07. The van der Waals surface area contributed by atoms with Gasteiger partial charge in [0.1, 0.15) is 17.2 Å². The second-order valence-corrected chi connectivity index (χ2v) is 5.36. The van der Waals surface area contributed by atoms with Crippen LogP contribution in [0.25, 0.3) is 5.76 Å². The van der Waals surface area contributed by atoms with Crippen molar-refractivity contribution in [3.05, 3.63) is 72.0 Å². The topological polar surface area (TPSA) is 123 Å². The van der Waals surface area contributed by atoms with Gasteiger partial charge in [0.25, 0.3) is 0 Å². The van der Waals surface area contributed by atoms with Gasteiger partial charge >= 0.3 is 11.9 Å². The lowest BCUT2D eigenvalue weighted by Crippen LogP contribution is -2.12. The molecule has 9 heteroatoms. The number of hydrogen-bond donors (Lipinski definition) is 2. The first-order chi connectivity index (χ1) is 14.1. The highest BCUT2D eigenvalue weighted by Gasteiger charge is 2.17. The van der Waals surface area contributed by atoms with Gasteiger partial charge < -0.3 is 19.9 Å². The van der Waals surface area contributed by atoms with E-state index in [4.69, 9.17) is 9.47 Å². The maximum atomic E-state index is 12.3. The standard InChI is InChI=1S/C20H20N4O5/c1-3-29-19(26)15(18(25)14-7-5-4-6-8-14)11-23-16(20(27)28-2)12-24-17-13-21-9-10-22-17/h4-13,25H,3H2,1-2H3,(H,22,24)/b16-12-,18-15+,23-11+. The Hall–Kier alpha value is -4.01. The summed E-state index contributed by atoms with van der Waals surface area (Å²) in [5.41, 5.74) is 0.0106. The number of nitrogens with zero attached hydrogens (tertiary/aromatic N) is 3. The lowest BCUT2D eigenvalue weighted by Gasteiger charge is -2.07. The van der Waals surface area contributed by atoms with Crippen LogP contribution in [0.3, 0.4) is 0 Å². The molecule has 150 valence electrons. The third kappa shape index (κ3) is 6.28. The van der Waals surface area contributed by atoms with Crippen LogP contribution in [-0.4, -0.2) is 46.9 Å². The van der Waals surface area contributed by atoms with E-state index in [-0.39, 0.29) is 23.6 Å². The van der Waals surface area contributed by atoms with Crippen molar-refractivity contribution in [2.24, 2.45) is 4.99 Å². The molecule has 2 aromatic rings.